The molecule has 0 aromatic carbocycles. The summed E-state index contributed by atoms with van der Waals surface area (Å²) in [5.74, 6) is -0.562. The Hall–Kier alpha value is -0.930. The van der Waals surface area contributed by atoms with E-state index >= 15 is 0 Å². The van der Waals surface area contributed by atoms with Gasteiger partial charge < -0.3 is 9.47 Å². The van der Waals surface area contributed by atoms with Crippen molar-refractivity contribution in [1.82, 2.24) is 0 Å². The Balaban J connectivity index is 2.41. The van der Waals surface area contributed by atoms with Crippen LogP contribution in [0, 0.1) is 5.41 Å². The lowest BCUT2D eigenvalue weighted by atomic mass is 9.71. The summed E-state index contributed by atoms with van der Waals surface area (Å²) in [6.45, 7) is 7.53. The second-order valence-corrected chi connectivity index (χ2v) is 5.11. The highest BCUT2D eigenvalue weighted by molar-refractivity contribution is 5.69. The molecule has 88 valence electrons. The molecular weight excluding hydrogens is 204 g/mol. The quantitative estimate of drug-likeness (QED) is 0.504. The van der Waals surface area contributed by atoms with Crippen LogP contribution in [0.3, 0.4) is 0 Å². The SMILES string of the molecule is CC1=CC2(CC(C)(C)/C1=C\C=O)OCCO2. The van der Waals surface area contributed by atoms with Gasteiger partial charge in [-0.25, -0.2) is 0 Å². The third-order valence-corrected chi connectivity index (χ3v) is 3.29. The molecule has 16 heavy (non-hydrogen) atoms. The Kier molecular flexibility index (Phi) is 2.76. The van der Waals surface area contributed by atoms with Gasteiger partial charge in [-0.1, -0.05) is 13.8 Å². The van der Waals surface area contributed by atoms with Gasteiger partial charge in [-0.2, -0.15) is 0 Å². The first-order valence-corrected chi connectivity index (χ1v) is 5.63. The van der Waals surface area contributed by atoms with E-state index in [1.807, 2.05) is 13.0 Å². The Labute approximate surface area is 96.1 Å². The van der Waals surface area contributed by atoms with Gasteiger partial charge in [-0.3, -0.25) is 4.79 Å². The third kappa shape index (κ3) is 1.85. The molecule has 1 fully saturated rings. The molecule has 0 amide bonds. The summed E-state index contributed by atoms with van der Waals surface area (Å²) in [4.78, 5) is 10.7. The van der Waals surface area contributed by atoms with E-state index in [0.29, 0.717) is 13.2 Å². The van der Waals surface area contributed by atoms with Crippen LogP contribution in [0.1, 0.15) is 27.2 Å². The van der Waals surface area contributed by atoms with Gasteiger partial charge in [-0.05, 0) is 35.6 Å². The topological polar surface area (TPSA) is 35.5 Å². The van der Waals surface area contributed by atoms with Crippen molar-refractivity contribution in [2.24, 2.45) is 5.41 Å². The lowest BCUT2D eigenvalue weighted by Crippen LogP contribution is -2.39. The van der Waals surface area contributed by atoms with Gasteiger partial charge in [0.15, 0.2) is 5.79 Å². The molecule has 1 saturated heterocycles. The second kappa shape index (κ2) is 3.82. The minimum atomic E-state index is -0.562. The molecule has 2 aliphatic rings. The summed E-state index contributed by atoms with van der Waals surface area (Å²) in [6.07, 6.45) is 5.26. The summed E-state index contributed by atoms with van der Waals surface area (Å²) < 4.78 is 11.4. The van der Waals surface area contributed by atoms with Gasteiger partial charge in [0.25, 0.3) is 0 Å². The number of carbonyl (C=O) groups is 1. The molecule has 1 spiro atoms. The Morgan fingerprint density at radius 1 is 1.31 bits per heavy atom. The molecule has 0 saturated carbocycles. The lowest BCUT2D eigenvalue weighted by molar-refractivity contribution is -0.139. The van der Waals surface area contributed by atoms with E-state index in [4.69, 9.17) is 9.47 Å². The van der Waals surface area contributed by atoms with Crippen LogP contribution in [0.15, 0.2) is 23.3 Å². The van der Waals surface area contributed by atoms with Crippen LogP contribution >= 0.6 is 0 Å². The number of allylic oxidation sites excluding steroid dienone is 3. The van der Waals surface area contributed by atoms with Crippen molar-refractivity contribution >= 4 is 6.29 Å². The second-order valence-electron chi connectivity index (χ2n) is 5.11. The highest BCUT2D eigenvalue weighted by Gasteiger charge is 2.45. The maximum atomic E-state index is 10.7. The van der Waals surface area contributed by atoms with Gasteiger partial charge in [0, 0.05) is 6.42 Å². The zero-order valence-corrected chi connectivity index (χ0v) is 10.1. The Morgan fingerprint density at radius 3 is 2.44 bits per heavy atom. The average Bonchev–Trinajstić information content (AvgIpc) is 2.59. The van der Waals surface area contributed by atoms with Gasteiger partial charge in [0.05, 0.1) is 13.2 Å². The van der Waals surface area contributed by atoms with E-state index < -0.39 is 5.79 Å². The van der Waals surface area contributed by atoms with Crippen molar-refractivity contribution in [2.45, 2.75) is 33.0 Å². The molecule has 1 aliphatic carbocycles. The van der Waals surface area contributed by atoms with E-state index in [9.17, 15) is 4.79 Å². The van der Waals surface area contributed by atoms with Gasteiger partial charge in [-0.15, -0.1) is 0 Å². The van der Waals surface area contributed by atoms with Crippen LogP contribution < -0.4 is 0 Å². The largest absolute Gasteiger partial charge is 0.344 e. The number of rotatable bonds is 1. The van der Waals surface area contributed by atoms with Gasteiger partial charge in [0.2, 0.25) is 0 Å². The van der Waals surface area contributed by atoms with Crippen LogP contribution in [0.4, 0.5) is 0 Å². The predicted molar refractivity (Wildman–Crippen MR) is 60.9 cm³/mol. The summed E-state index contributed by atoms with van der Waals surface area (Å²) in [7, 11) is 0. The fourth-order valence-corrected chi connectivity index (χ4v) is 2.78. The highest BCUT2D eigenvalue weighted by Crippen LogP contribution is 2.47. The van der Waals surface area contributed by atoms with Crippen LogP contribution in [0.2, 0.25) is 0 Å². The smallest absolute Gasteiger partial charge is 0.189 e. The van der Waals surface area contributed by atoms with E-state index in [1.54, 1.807) is 6.08 Å². The monoisotopic (exact) mass is 222 g/mol. The molecule has 0 aromatic heterocycles. The maximum Gasteiger partial charge on any atom is 0.189 e. The maximum absolute atomic E-state index is 10.7. The summed E-state index contributed by atoms with van der Waals surface area (Å²) >= 11 is 0. The molecule has 1 aliphatic heterocycles. The standard InChI is InChI=1S/C13H18O3/c1-10-8-13(15-6-7-16-13)9-12(2,3)11(10)4-5-14/h4-5,8H,6-7,9H2,1-3H3/b11-4-. The lowest BCUT2D eigenvalue weighted by Gasteiger charge is -2.40. The first-order chi connectivity index (χ1) is 7.49. The molecule has 0 bridgehead atoms. The molecule has 2 rings (SSSR count). The Bertz CT molecular complexity index is 357. The number of carbonyl (C=O) groups excluding carboxylic acids is 1. The van der Waals surface area contributed by atoms with Crippen molar-refractivity contribution in [1.29, 1.82) is 0 Å². The fourth-order valence-electron chi connectivity index (χ4n) is 2.78. The number of ether oxygens (including phenoxy) is 2. The summed E-state index contributed by atoms with van der Waals surface area (Å²) in [5.41, 5.74) is 2.06. The van der Waals surface area contributed by atoms with Crippen LogP contribution in [0.5, 0.6) is 0 Å². The molecule has 0 aromatic rings. The molecular formula is C13H18O3. The first kappa shape index (κ1) is 11.6. The normalized spacial score (nSPS) is 29.4. The number of aldehydes is 1. The van der Waals surface area contributed by atoms with E-state index in [0.717, 1.165) is 23.9 Å². The van der Waals surface area contributed by atoms with Crippen molar-refractivity contribution in [3.8, 4) is 0 Å². The molecule has 0 N–H and O–H groups in total. The van der Waals surface area contributed by atoms with Crippen LogP contribution in [-0.4, -0.2) is 25.3 Å². The molecule has 0 unspecified atom stereocenters. The first-order valence-electron chi connectivity index (χ1n) is 5.63. The zero-order chi connectivity index (χ0) is 11.8. The van der Waals surface area contributed by atoms with Crippen molar-refractivity contribution < 1.29 is 14.3 Å². The molecule has 1 heterocycles. The summed E-state index contributed by atoms with van der Waals surface area (Å²) in [6, 6.07) is 0. The summed E-state index contributed by atoms with van der Waals surface area (Å²) in [5, 5.41) is 0. The highest BCUT2D eigenvalue weighted by atomic mass is 16.7. The molecule has 3 nitrogen and oxygen atoms in total. The van der Waals surface area contributed by atoms with Crippen molar-refractivity contribution in [3.63, 3.8) is 0 Å². The number of hydrogen-bond acceptors (Lipinski definition) is 3. The minimum absolute atomic E-state index is 0.0932. The van der Waals surface area contributed by atoms with Crippen LogP contribution in [-0.2, 0) is 14.3 Å². The zero-order valence-electron chi connectivity index (χ0n) is 10.1. The Morgan fingerprint density at radius 2 is 1.94 bits per heavy atom. The molecule has 3 heteroatoms. The van der Waals surface area contributed by atoms with Gasteiger partial charge in [0.1, 0.15) is 6.29 Å². The molecule has 0 atom stereocenters. The van der Waals surface area contributed by atoms with Crippen LogP contribution in [0.25, 0.3) is 0 Å². The van der Waals surface area contributed by atoms with E-state index in [1.165, 1.54) is 0 Å². The van der Waals surface area contributed by atoms with E-state index in [2.05, 4.69) is 13.8 Å². The minimum Gasteiger partial charge on any atom is -0.344 e. The molecule has 0 radical (unpaired) electrons. The fraction of sp³-hybridized carbons (Fsp3) is 0.615. The number of hydrogen-bond donors (Lipinski definition) is 0. The van der Waals surface area contributed by atoms with Gasteiger partial charge >= 0.3 is 0 Å². The van der Waals surface area contributed by atoms with Crippen molar-refractivity contribution in [3.05, 3.63) is 23.3 Å². The predicted octanol–water partition coefficient (Wildman–Crippen LogP) is 2.23. The average molecular weight is 222 g/mol. The van der Waals surface area contributed by atoms with Crippen molar-refractivity contribution in [2.75, 3.05) is 13.2 Å². The third-order valence-electron chi connectivity index (χ3n) is 3.29. The van der Waals surface area contributed by atoms with E-state index in [-0.39, 0.29) is 5.41 Å².